The molecule has 7 heteroatoms. The molecule has 2 heterocycles. The van der Waals surface area contributed by atoms with Gasteiger partial charge in [-0.3, -0.25) is 14.9 Å². The summed E-state index contributed by atoms with van der Waals surface area (Å²) in [6, 6.07) is -0.109. The van der Waals surface area contributed by atoms with Crippen molar-refractivity contribution in [1.82, 2.24) is 15.6 Å². The maximum atomic E-state index is 11.8. The van der Waals surface area contributed by atoms with Crippen LogP contribution in [0.4, 0.5) is 5.13 Å². The second-order valence-corrected chi connectivity index (χ2v) is 5.56. The lowest BCUT2D eigenvalue weighted by Gasteiger charge is -2.33. The first kappa shape index (κ1) is 14.0. The van der Waals surface area contributed by atoms with Crippen LogP contribution in [0.2, 0.25) is 0 Å². The van der Waals surface area contributed by atoms with Gasteiger partial charge in [0.2, 0.25) is 11.8 Å². The summed E-state index contributed by atoms with van der Waals surface area (Å²) in [7, 11) is 1.89. The molecule has 0 saturated carbocycles. The van der Waals surface area contributed by atoms with Crippen molar-refractivity contribution < 1.29 is 9.59 Å². The van der Waals surface area contributed by atoms with Crippen molar-refractivity contribution in [3.05, 3.63) is 11.1 Å². The van der Waals surface area contributed by atoms with Crippen LogP contribution in [0.5, 0.6) is 0 Å². The van der Waals surface area contributed by atoms with E-state index in [1.54, 1.807) is 11.1 Å². The summed E-state index contributed by atoms with van der Waals surface area (Å²) in [5.74, 6) is -0.509. The molecule has 104 valence electrons. The Hall–Kier alpha value is -1.47. The van der Waals surface area contributed by atoms with Gasteiger partial charge >= 0.3 is 0 Å². The van der Waals surface area contributed by atoms with E-state index in [1.807, 2.05) is 20.9 Å². The van der Waals surface area contributed by atoms with Gasteiger partial charge in [-0.25, -0.2) is 4.98 Å². The molecule has 2 atom stereocenters. The van der Waals surface area contributed by atoms with Crippen molar-refractivity contribution in [2.75, 3.05) is 18.5 Å². The molecule has 19 heavy (non-hydrogen) atoms. The molecular formula is C12H18N4O2S. The topological polar surface area (TPSA) is 74.3 Å². The van der Waals surface area contributed by atoms with Crippen LogP contribution in [0.3, 0.4) is 0 Å². The predicted molar refractivity (Wildman–Crippen MR) is 74.2 cm³/mol. The molecule has 0 radical (unpaired) electrons. The maximum Gasteiger partial charge on any atom is 0.249 e. The zero-order valence-electron chi connectivity index (χ0n) is 11.3. The molecule has 0 aliphatic carbocycles. The van der Waals surface area contributed by atoms with Crippen molar-refractivity contribution in [1.29, 1.82) is 0 Å². The van der Waals surface area contributed by atoms with Gasteiger partial charge in [-0.1, -0.05) is 6.92 Å². The van der Waals surface area contributed by atoms with E-state index in [0.717, 1.165) is 10.0 Å². The smallest absolute Gasteiger partial charge is 0.249 e. The van der Waals surface area contributed by atoms with Gasteiger partial charge in [-0.2, -0.15) is 0 Å². The molecule has 1 aromatic rings. The van der Waals surface area contributed by atoms with E-state index in [9.17, 15) is 9.59 Å². The van der Waals surface area contributed by atoms with Crippen molar-refractivity contribution in [3.8, 4) is 0 Å². The molecule has 0 spiro atoms. The van der Waals surface area contributed by atoms with Gasteiger partial charge in [-0.15, -0.1) is 11.3 Å². The minimum absolute atomic E-state index is 0.186. The Morgan fingerprint density at radius 3 is 3.00 bits per heavy atom. The molecule has 0 bridgehead atoms. The summed E-state index contributed by atoms with van der Waals surface area (Å²) >= 11 is 1.52. The van der Waals surface area contributed by atoms with Crippen LogP contribution < -0.4 is 15.5 Å². The molecule has 1 aliphatic rings. The van der Waals surface area contributed by atoms with Gasteiger partial charge in [0.15, 0.2) is 5.13 Å². The largest absolute Gasteiger partial charge is 0.327 e. The van der Waals surface area contributed by atoms with Crippen molar-refractivity contribution in [3.63, 3.8) is 0 Å². The second-order valence-electron chi connectivity index (χ2n) is 4.52. The summed E-state index contributed by atoms with van der Waals surface area (Å²) in [5.41, 5.74) is 0. The number of piperazine rings is 1. The lowest BCUT2D eigenvalue weighted by molar-refractivity contribution is -0.132. The Kier molecular flexibility index (Phi) is 4.16. The number of amides is 2. The predicted octanol–water partition coefficient (Wildman–Crippen LogP) is 0.665. The highest BCUT2D eigenvalue weighted by atomic mass is 32.1. The third kappa shape index (κ3) is 2.76. The van der Waals surface area contributed by atoms with Crippen molar-refractivity contribution in [2.45, 2.75) is 32.4 Å². The SMILES string of the molecule is CCC1C(=O)NC(=O)CN1c1ncc(C(C)NC)s1. The van der Waals surface area contributed by atoms with E-state index >= 15 is 0 Å². The molecule has 2 unspecified atom stereocenters. The van der Waals surface area contributed by atoms with Crippen LogP contribution in [-0.4, -0.2) is 36.4 Å². The summed E-state index contributed by atoms with van der Waals surface area (Å²) in [4.78, 5) is 30.5. The number of rotatable bonds is 4. The average Bonchev–Trinajstić information content (AvgIpc) is 2.86. The monoisotopic (exact) mass is 282 g/mol. The van der Waals surface area contributed by atoms with Gasteiger partial charge in [0.1, 0.15) is 12.6 Å². The van der Waals surface area contributed by atoms with E-state index in [2.05, 4.69) is 15.6 Å². The fourth-order valence-electron chi connectivity index (χ4n) is 2.03. The number of thiazole rings is 1. The van der Waals surface area contributed by atoms with Gasteiger partial charge in [-0.05, 0) is 20.4 Å². The van der Waals surface area contributed by atoms with E-state index in [1.165, 1.54) is 11.3 Å². The van der Waals surface area contributed by atoms with Crippen LogP contribution in [0.25, 0.3) is 0 Å². The fourth-order valence-corrected chi connectivity index (χ4v) is 3.05. The molecule has 2 rings (SSSR count). The second kappa shape index (κ2) is 5.66. The molecule has 1 aromatic heterocycles. The van der Waals surface area contributed by atoms with Crippen molar-refractivity contribution in [2.24, 2.45) is 0 Å². The standard InChI is InChI=1S/C12H18N4O2S/c1-4-8-11(18)15-10(17)6-16(8)12-14-5-9(19-12)7(2)13-3/h5,7-8,13H,4,6H2,1-3H3,(H,15,17,18). The lowest BCUT2D eigenvalue weighted by atomic mass is 10.1. The summed E-state index contributed by atoms with van der Waals surface area (Å²) < 4.78 is 0. The first-order valence-electron chi connectivity index (χ1n) is 6.30. The highest BCUT2D eigenvalue weighted by molar-refractivity contribution is 7.15. The molecule has 0 aromatic carbocycles. The van der Waals surface area contributed by atoms with Crippen LogP contribution in [0, 0.1) is 0 Å². The quantitative estimate of drug-likeness (QED) is 0.794. The number of nitrogens with zero attached hydrogens (tertiary/aromatic N) is 2. The number of nitrogens with one attached hydrogen (secondary N) is 2. The van der Waals surface area contributed by atoms with E-state index in [4.69, 9.17) is 0 Å². The number of imide groups is 1. The first-order valence-corrected chi connectivity index (χ1v) is 7.11. The highest BCUT2D eigenvalue weighted by Gasteiger charge is 2.34. The van der Waals surface area contributed by atoms with Crippen molar-refractivity contribution >= 4 is 28.3 Å². The first-order chi connectivity index (χ1) is 9.06. The molecule has 2 amide bonds. The lowest BCUT2D eigenvalue weighted by Crippen LogP contribution is -2.58. The Bertz CT molecular complexity index is 488. The summed E-state index contributed by atoms with van der Waals surface area (Å²) in [6.07, 6.45) is 2.44. The Morgan fingerprint density at radius 1 is 1.63 bits per heavy atom. The van der Waals surface area contributed by atoms with Crippen LogP contribution in [-0.2, 0) is 9.59 Å². The zero-order valence-corrected chi connectivity index (χ0v) is 12.1. The molecule has 6 nitrogen and oxygen atoms in total. The van der Waals surface area contributed by atoms with Crippen LogP contribution in [0.15, 0.2) is 6.20 Å². The minimum atomic E-state index is -0.318. The molecule has 2 N–H and O–H groups in total. The van der Waals surface area contributed by atoms with E-state index in [-0.39, 0.29) is 30.4 Å². The van der Waals surface area contributed by atoms with Gasteiger partial charge in [0, 0.05) is 17.1 Å². The summed E-state index contributed by atoms with van der Waals surface area (Å²) in [5, 5.41) is 6.24. The zero-order chi connectivity index (χ0) is 14.0. The normalized spacial score (nSPS) is 21.4. The molecular weight excluding hydrogens is 264 g/mol. The molecule has 1 aliphatic heterocycles. The van der Waals surface area contributed by atoms with Gasteiger partial charge in [0.05, 0.1) is 0 Å². The number of hydrogen-bond donors (Lipinski definition) is 2. The molecule has 1 fully saturated rings. The van der Waals surface area contributed by atoms with E-state index < -0.39 is 0 Å². The van der Waals surface area contributed by atoms with Gasteiger partial charge in [0.25, 0.3) is 0 Å². The Balaban J connectivity index is 2.25. The average molecular weight is 282 g/mol. The summed E-state index contributed by atoms with van der Waals surface area (Å²) in [6.45, 7) is 4.16. The number of hydrogen-bond acceptors (Lipinski definition) is 6. The Labute approximate surface area is 116 Å². The van der Waals surface area contributed by atoms with Gasteiger partial charge < -0.3 is 10.2 Å². The third-order valence-corrected chi connectivity index (χ3v) is 4.48. The fraction of sp³-hybridized carbons (Fsp3) is 0.583. The van der Waals surface area contributed by atoms with Crippen LogP contribution in [0.1, 0.15) is 31.2 Å². The number of anilines is 1. The maximum absolute atomic E-state index is 11.8. The number of aromatic nitrogens is 1. The minimum Gasteiger partial charge on any atom is -0.327 e. The third-order valence-electron chi connectivity index (χ3n) is 3.26. The molecule has 1 saturated heterocycles. The van der Waals surface area contributed by atoms with E-state index in [0.29, 0.717) is 6.42 Å². The Morgan fingerprint density at radius 2 is 2.37 bits per heavy atom. The number of carbonyl (C=O) groups is 2. The number of carbonyl (C=O) groups excluding carboxylic acids is 2. The van der Waals surface area contributed by atoms with Crippen LogP contribution >= 0.6 is 11.3 Å². The highest BCUT2D eigenvalue weighted by Crippen LogP contribution is 2.29.